The molecular formula is C13H7F2NO5. The minimum Gasteiger partial charge on any atom is -0.478 e. The third-order valence-corrected chi connectivity index (χ3v) is 2.52. The van der Waals surface area contributed by atoms with Crippen LogP contribution in [-0.2, 0) is 0 Å². The van der Waals surface area contributed by atoms with Gasteiger partial charge in [0.1, 0.15) is 17.1 Å². The minimum absolute atomic E-state index is 0.336. The highest BCUT2D eigenvalue weighted by molar-refractivity contribution is 5.91. The van der Waals surface area contributed by atoms with Gasteiger partial charge in [0.15, 0.2) is 11.6 Å². The van der Waals surface area contributed by atoms with Gasteiger partial charge in [-0.1, -0.05) is 0 Å². The zero-order valence-electron chi connectivity index (χ0n) is 10.2. The average molecular weight is 295 g/mol. The predicted molar refractivity (Wildman–Crippen MR) is 66.5 cm³/mol. The standard InChI is InChI=1S/C13H7F2NO5/c14-7-1-3-10(15)12(5-7)21-11-4-2-8(16(19)20)6-9(11)13(17)18/h1-6H,(H,17,18). The number of halogens is 2. The SMILES string of the molecule is O=C(O)c1cc([N+](=O)[O-])ccc1Oc1cc(F)ccc1F. The maximum atomic E-state index is 13.4. The van der Waals surface area contributed by atoms with E-state index in [1.165, 1.54) is 0 Å². The van der Waals surface area contributed by atoms with Crippen LogP contribution in [0.4, 0.5) is 14.5 Å². The number of carboxylic acid groups (broad SMARTS) is 1. The number of nitrogens with zero attached hydrogens (tertiary/aromatic N) is 1. The van der Waals surface area contributed by atoms with Crippen molar-refractivity contribution in [3.63, 3.8) is 0 Å². The molecular weight excluding hydrogens is 288 g/mol. The molecule has 108 valence electrons. The van der Waals surface area contributed by atoms with E-state index >= 15 is 0 Å². The van der Waals surface area contributed by atoms with Crippen molar-refractivity contribution < 1.29 is 28.3 Å². The average Bonchev–Trinajstić information content (AvgIpc) is 2.42. The molecule has 0 fully saturated rings. The van der Waals surface area contributed by atoms with Crippen LogP contribution in [-0.4, -0.2) is 16.0 Å². The third kappa shape index (κ3) is 3.11. The Labute approximate surface area is 116 Å². The lowest BCUT2D eigenvalue weighted by atomic mass is 10.2. The number of ether oxygens (including phenoxy) is 1. The summed E-state index contributed by atoms with van der Waals surface area (Å²) in [5.41, 5.74) is -0.993. The molecule has 0 aliphatic rings. The van der Waals surface area contributed by atoms with Crippen molar-refractivity contribution in [2.45, 2.75) is 0 Å². The summed E-state index contributed by atoms with van der Waals surface area (Å²) in [5.74, 6) is -4.02. The molecule has 0 bridgehead atoms. The fraction of sp³-hybridized carbons (Fsp3) is 0. The monoisotopic (exact) mass is 295 g/mol. The van der Waals surface area contributed by atoms with Gasteiger partial charge in [0.2, 0.25) is 0 Å². The number of carbonyl (C=O) groups is 1. The summed E-state index contributed by atoms with van der Waals surface area (Å²) in [6.07, 6.45) is 0. The Morgan fingerprint density at radius 2 is 1.86 bits per heavy atom. The molecule has 1 N–H and O–H groups in total. The molecule has 2 aromatic rings. The van der Waals surface area contributed by atoms with Gasteiger partial charge in [-0.15, -0.1) is 0 Å². The van der Waals surface area contributed by atoms with Gasteiger partial charge in [-0.25, -0.2) is 13.6 Å². The molecule has 0 aromatic heterocycles. The Balaban J connectivity index is 2.46. The van der Waals surface area contributed by atoms with Crippen LogP contribution in [0.1, 0.15) is 10.4 Å². The molecule has 0 radical (unpaired) electrons. The number of non-ortho nitro benzene ring substituents is 1. The lowest BCUT2D eigenvalue weighted by molar-refractivity contribution is -0.384. The first-order valence-electron chi connectivity index (χ1n) is 5.53. The normalized spacial score (nSPS) is 10.2. The van der Waals surface area contributed by atoms with Gasteiger partial charge in [0.25, 0.3) is 5.69 Å². The number of hydrogen-bond donors (Lipinski definition) is 1. The fourth-order valence-corrected chi connectivity index (χ4v) is 1.56. The van der Waals surface area contributed by atoms with Crippen LogP contribution in [0.2, 0.25) is 0 Å². The van der Waals surface area contributed by atoms with Crippen molar-refractivity contribution >= 4 is 11.7 Å². The number of nitro groups is 1. The van der Waals surface area contributed by atoms with Crippen molar-refractivity contribution in [1.82, 2.24) is 0 Å². The van der Waals surface area contributed by atoms with Crippen LogP contribution >= 0.6 is 0 Å². The lowest BCUT2D eigenvalue weighted by Crippen LogP contribution is -2.02. The van der Waals surface area contributed by atoms with E-state index in [0.717, 1.165) is 36.4 Å². The molecule has 0 amide bonds. The smallest absolute Gasteiger partial charge is 0.339 e. The molecule has 0 aliphatic carbocycles. The summed E-state index contributed by atoms with van der Waals surface area (Å²) in [6, 6.07) is 5.20. The Bertz CT molecular complexity index is 732. The Hall–Kier alpha value is -3.03. The molecule has 2 rings (SSSR count). The first-order chi connectivity index (χ1) is 9.88. The first kappa shape index (κ1) is 14.4. The second kappa shape index (κ2) is 5.53. The van der Waals surface area contributed by atoms with E-state index in [-0.39, 0.29) is 5.75 Å². The molecule has 0 spiro atoms. The largest absolute Gasteiger partial charge is 0.478 e. The van der Waals surface area contributed by atoms with Gasteiger partial charge in [-0.3, -0.25) is 10.1 Å². The van der Waals surface area contributed by atoms with Crippen LogP contribution in [0.5, 0.6) is 11.5 Å². The van der Waals surface area contributed by atoms with Crippen LogP contribution in [0.25, 0.3) is 0 Å². The van der Waals surface area contributed by atoms with Gasteiger partial charge in [-0.05, 0) is 18.2 Å². The summed E-state index contributed by atoms with van der Waals surface area (Å²) in [4.78, 5) is 20.9. The topological polar surface area (TPSA) is 89.7 Å². The zero-order valence-corrected chi connectivity index (χ0v) is 10.2. The highest BCUT2D eigenvalue weighted by Crippen LogP contribution is 2.30. The van der Waals surface area contributed by atoms with Crippen LogP contribution < -0.4 is 4.74 Å². The maximum Gasteiger partial charge on any atom is 0.339 e. The van der Waals surface area contributed by atoms with E-state index in [9.17, 15) is 23.7 Å². The van der Waals surface area contributed by atoms with Gasteiger partial charge >= 0.3 is 5.97 Å². The van der Waals surface area contributed by atoms with Crippen molar-refractivity contribution in [3.8, 4) is 11.5 Å². The lowest BCUT2D eigenvalue weighted by Gasteiger charge is -2.09. The summed E-state index contributed by atoms with van der Waals surface area (Å²) in [7, 11) is 0. The summed E-state index contributed by atoms with van der Waals surface area (Å²) in [6.45, 7) is 0. The Kier molecular flexibility index (Phi) is 3.79. The number of rotatable bonds is 4. The van der Waals surface area contributed by atoms with E-state index < -0.39 is 39.5 Å². The molecule has 8 heteroatoms. The minimum atomic E-state index is -1.49. The fourth-order valence-electron chi connectivity index (χ4n) is 1.56. The van der Waals surface area contributed by atoms with Gasteiger partial charge in [0, 0.05) is 18.2 Å². The van der Waals surface area contributed by atoms with Gasteiger partial charge < -0.3 is 9.84 Å². The summed E-state index contributed by atoms with van der Waals surface area (Å²) >= 11 is 0. The van der Waals surface area contributed by atoms with E-state index in [4.69, 9.17) is 9.84 Å². The second-order valence-electron chi connectivity index (χ2n) is 3.92. The molecule has 0 aliphatic heterocycles. The van der Waals surface area contributed by atoms with Crippen molar-refractivity contribution in [3.05, 3.63) is 63.7 Å². The van der Waals surface area contributed by atoms with Crippen LogP contribution in [0.15, 0.2) is 36.4 Å². The number of hydrogen-bond acceptors (Lipinski definition) is 4. The highest BCUT2D eigenvalue weighted by atomic mass is 19.1. The zero-order chi connectivity index (χ0) is 15.6. The highest BCUT2D eigenvalue weighted by Gasteiger charge is 2.18. The molecule has 0 unspecified atom stereocenters. The van der Waals surface area contributed by atoms with Crippen molar-refractivity contribution in [2.24, 2.45) is 0 Å². The number of aromatic carboxylic acids is 1. The molecule has 0 saturated heterocycles. The molecule has 0 saturated carbocycles. The van der Waals surface area contributed by atoms with E-state index in [0.29, 0.717) is 0 Å². The molecule has 6 nitrogen and oxygen atoms in total. The third-order valence-electron chi connectivity index (χ3n) is 2.52. The molecule has 0 atom stereocenters. The van der Waals surface area contributed by atoms with E-state index in [1.807, 2.05) is 0 Å². The van der Waals surface area contributed by atoms with E-state index in [1.54, 1.807) is 0 Å². The Morgan fingerprint density at radius 3 is 2.48 bits per heavy atom. The number of nitro benzene ring substituents is 1. The summed E-state index contributed by atoms with van der Waals surface area (Å²) < 4.78 is 31.5. The van der Waals surface area contributed by atoms with Crippen molar-refractivity contribution in [1.29, 1.82) is 0 Å². The second-order valence-corrected chi connectivity index (χ2v) is 3.92. The van der Waals surface area contributed by atoms with Gasteiger partial charge in [0.05, 0.1) is 4.92 Å². The number of benzene rings is 2. The molecule has 2 aromatic carbocycles. The van der Waals surface area contributed by atoms with E-state index in [2.05, 4.69) is 0 Å². The van der Waals surface area contributed by atoms with Crippen LogP contribution in [0, 0.1) is 21.7 Å². The predicted octanol–water partition coefficient (Wildman–Crippen LogP) is 3.36. The Morgan fingerprint density at radius 1 is 1.14 bits per heavy atom. The molecule has 21 heavy (non-hydrogen) atoms. The van der Waals surface area contributed by atoms with Crippen molar-refractivity contribution in [2.75, 3.05) is 0 Å². The first-order valence-corrected chi connectivity index (χ1v) is 5.53. The number of carboxylic acids is 1. The molecule has 0 heterocycles. The van der Waals surface area contributed by atoms with Gasteiger partial charge in [-0.2, -0.15) is 0 Å². The quantitative estimate of drug-likeness (QED) is 0.690. The van der Waals surface area contributed by atoms with Crippen LogP contribution in [0.3, 0.4) is 0 Å². The maximum absolute atomic E-state index is 13.4. The summed E-state index contributed by atoms with van der Waals surface area (Å²) in [5, 5.41) is 19.6.